The van der Waals surface area contributed by atoms with E-state index in [1.807, 2.05) is 79.1 Å². The molecule has 0 saturated carbocycles. The summed E-state index contributed by atoms with van der Waals surface area (Å²) in [5, 5.41) is 4.22. The maximum Gasteiger partial charge on any atom is 0.435 e. The minimum atomic E-state index is -0.605. The van der Waals surface area contributed by atoms with Gasteiger partial charge in [0.05, 0.1) is 29.6 Å². The Morgan fingerprint density at radius 2 is 1.63 bits per heavy atom. The van der Waals surface area contributed by atoms with Gasteiger partial charge in [-0.05, 0) is 26.3 Å². The van der Waals surface area contributed by atoms with Crippen LogP contribution in [0.25, 0.3) is 33.7 Å². The van der Waals surface area contributed by atoms with Gasteiger partial charge in [0.2, 0.25) is 0 Å². The van der Waals surface area contributed by atoms with Gasteiger partial charge < -0.3 is 14.0 Å². The van der Waals surface area contributed by atoms with Crippen molar-refractivity contribution in [2.75, 3.05) is 6.61 Å². The van der Waals surface area contributed by atoms with E-state index in [-0.39, 0.29) is 19.3 Å². The molecule has 38 heavy (non-hydrogen) atoms. The summed E-state index contributed by atoms with van der Waals surface area (Å²) in [6.07, 6.45) is 4.07. The molecule has 0 radical (unpaired) electrons. The minimum Gasteiger partial charge on any atom is -0.462 e. The van der Waals surface area contributed by atoms with Crippen LogP contribution in [0.4, 0.5) is 4.79 Å². The van der Waals surface area contributed by atoms with Crippen molar-refractivity contribution in [3.8, 4) is 22.6 Å². The molecule has 9 heteroatoms. The quantitative estimate of drug-likeness (QED) is 0.252. The summed E-state index contributed by atoms with van der Waals surface area (Å²) in [6, 6.07) is 19.0. The van der Waals surface area contributed by atoms with Gasteiger partial charge in [-0.2, -0.15) is 9.78 Å². The lowest BCUT2D eigenvalue weighted by Crippen LogP contribution is -2.14. The zero-order valence-corrected chi connectivity index (χ0v) is 21.4. The van der Waals surface area contributed by atoms with Gasteiger partial charge in [-0.25, -0.2) is 14.6 Å². The predicted molar refractivity (Wildman–Crippen MR) is 143 cm³/mol. The molecule has 9 nitrogen and oxygen atoms in total. The van der Waals surface area contributed by atoms with E-state index >= 15 is 0 Å². The smallest absolute Gasteiger partial charge is 0.435 e. The average Bonchev–Trinajstić information content (AvgIpc) is 3.58. The van der Waals surface area contributed by atoms with Gasteiger partial charge in [-0.3, -0.25) is 4.98 Å². The number of pyridine rings is 1. The normalized spacial score (nSPS) is 11.2. The Morgan fingerprint density at radius 3 is 2.32 bits per heavy atom. The van der Waals surface area contributed by atoms with Crippen LogP contribution < -0.4 is 0 Å². The number of rotatable bonds is 7. The number of nitrogens with zero attached hydrogens (tertiary/aromatic N) is 5. The van der Waals surface area contributed by atoms with Gasteiger partial charge in [0.25, 0.3) is 0 Å². The molecule has 0 fully saturated rings. The van der Waals surface area contributed by atoms with E-state index in [2.05, 4.69) is 10.1 Å². The van der Waals surface area contributed by atoms with Crippen molar-refractivity contribution in [1.29, 1.82) is 0 Å². The molecule has 2 aromatic carbocycles. The molecular formula is C29H27N5O4. The summed E-state index contributed by atoms with van der Waals surface area (Å²) in [7, 11) is 0. The largest absolute Gasteiger partial charge is 0.462 e. The lowest BCUT2D eigenvalue weighted by Gasteiger charge is -2.14. The van der Waals surface area contributed by atoms with E-state index in [1.54, 1.807) is 19.3 Å². The second-order valence-electron chi connectivity index (χ2n) is 8.92. The first kappa shape index (κ1) is 24.9. The van der Waals surface area contributed by atoms with Crippen LogP contribution >= 0.6 is 0 Å². The summed E-state index contributed by atoms with van der Waals surface area (Å²) in [5.41, 5.74) is 4.48. The number of fused-ring (bicyclic) bond motifs is 1. The van der Waals surface area contributed by atoms with Crippen LogP contribution in [0.1, 0.15) is 42.7 Å². The second-order valence-corrected chi connectivity index (χ2v) is 8.92. The molecule has 0 atom stereocenters. The molecule has 0 bridgehead atoms. The van der Waals surface area contributed by atoms with Crippen LogP contribution in [0.3, 0.4) is 0 Å². The van der Waals surface area contributed by atoms with Crippen LogP contribution in [-0.4, -0.2) is 43.0 Å². The molecule has 0 spiro atoms. The third-order valence-electron chi connectivity index (χ3n) is 6.01. The van der Waals surface area contributed by atoms with Crippen molar-refractivity contribution in [2.24, 2.45) is 0 Å². The lowest BCUT2D eigenvalue weighted by molar-refractivity contribution is 0.0527. The Hall–Kier alpha value is -4.79. The third-order valence-corrected chi connectivity index (χ3v) is 6.01. The Morgan fingerprint density at radius 1 is 0.921 bits per heavy atom. The summed E-state index contributed by atoms with van der Waals surface area (Å²) in [4.78, 5) is 35.2. The molecule has 0 N–H and O–H groups in total. The van der Waals surface area contributed by atoms with Crippen molar-refractivity contribution in [3.63, 3.8) is 0 Å². The topological polar surface area (TPSA) is 101 Å². The van der Waals surface area contributed by atoms with E-state index in [1.165, 1.54) is 6.20 Å². The fraction of sp³-hybridized carbons (Fsp3) is 0.207. The highest BCUT2D eigenvalue weighted by molar-refractivity contribution is 6.06. The van der Waals surface area contributed by atoms with E-state index in [9.17, 15) is 9.59 Å². The summed E-state index contributed by atoms with van der Waals surface area (Å²) in [6.45, 7) is 6.13. The number of imidazole rings is 1. The van der Waals surface area contributed by atoms with Crippen LogP contribution in [-0.2, 0) is 16.1 Å². The molecule has 0 amide bonds. The number of carbonyl (C=O) groups is 2. The lowest BCUT2D eigenvalue weighted by atomic mass is 10.1. The van der Waals surface area contributed by atoms with Crippen molar-refractivity contribution in [3.05, 3.63) is 90.4 Å². The number of ether oxygens (including phenoxy) is 2. The Bertz CT molecular complexity index is 1590. The monoisotopic (exact) mass is 509 g/mol. The second kappa shape index (κ2) is 10.7. The third kappa shape index (κ3) is 4.78. The molecule has 0 aliphatic heterocycles. The maximum absolute atomic E-state index is 12.9. The van der Waals surface area contributed by atoms with Gasteiger partial charge in [0.1, 0.15) is 23.5 Å². The zero-order chi connectivity index (χ0) is 26.6. The van der Waals surface area contributed by atoms with Crippen molar-refractivity contribution >= 4 is 23.1 Å². The van der Waals surface area contributed by atoms with E-state index < -0.39 is 12.1 Å². The van der Waals surface area contributed by atoms with E-state index in [4.69, 9.17) is 14.5 Å². The molecule has 0 saturated heterocycles. The number of esters is 1. The van der Waals surface area contributed by atoms with Crippen molar-refractivity contribution < 1.29 is 19.1 Å². The van der Waals surface area contributed by atoms with Gasteiger partial charge in [-0.15, -0.1) is 0 Å². The molecule has 5 rings (SSSR count). The summed E-state index contributed by atoms with van der Waals surface area (Å²) < 4.78 is 13.8. The van der Waals surface area contributed by atoms with Crippen LogP contribution in [0.2, 0.25) is 0 Å². The van der Waals surface area contributed by atoms with E-state index in [0.29, 0.717) is 33.7 Å². The molecule has 3 aromatic heterocycles. The van der Waals surface area contributed by atoms with E-state index in [0.717, 1.165) is 15.8 Å². The fourth-order valence-corrected chi connectivity index (χ4v) is 4.30. The number of benzene rings is 2. The molecule has 192 valence electrons. The molecule has 0 aliphatic rings. The number of aromatic nitrogens is 5. The van der Waals surface area contributed by atoms with Crippen LogP contribution in [0.5, 0.6) is 0 Å². The highest BCUT2D eigenvalue weighted by atomic mass is 16.6. The van der Waals surface area contributed by atoms with Gasteiger partial charge >= 0.3 is 12.1 Å². The minimum absolute atomic E-state index is 0.0809. The number of hydrogen-bond acceptors (Lipinski definition) is 7. The number of hydrogen-bond donors (Lipinski definition) is 0. The summed E-state index contributed by atoms with van der Waals surface area (Å²) in [5.74, 6) is 0.0750. The highest BCUT2D eigenvalue weighted by Crippen LogP contribution is 2.35. The average molecular weight is 510 g/mol. The zero-order valence-electron chi connectivity index (χ0n) is 21.4. The van der Waals surface area contributed by atoms with Crippen LogP contribution in [0, 0.1) is 0 Å². The SMILES string of the molecule is CCOC(=O)c1cnc(-c2ccccc2)c2nc(-c3cnn(C(=O)OCc4ccccc4)c3)n(C(C)C)c12. The first-order valence-corrected chi connectivity index (χ1v) is 12.4. The first-order valence-electron chi connectivity index (χ1n) is 12.4. The maximum atomic E-state index is 12.9. The first-order chi connectivity index (χ1) is 18.5. The van der Waals surface area contributed by atoms with Crippen molar-refractivity contribution in [2.45, 2.75) is 33.4 Å². The van der Waals surface area contributed by atoms with Gasteiger partial charge in [0, 0.05) is 24.0 Å². The van der Waals surface area contributed by atoms with Gasteiger partial charge in [-0.1, -0.05) is 60.7 Å². The van der Waals surface area contributed by atoms with Gasteiger partial charge in [0.15, 0.2) is 0 Å². The molecular weight excluding hydrogens is 482 g/mol. The summed E-state index contributed by atoms with van der Waals surface area (Å²) >= 11 is 0. The molecule has 0 unspecified atom stereocenters. The number of carbonyl (C=O) groups excluding carboxylic acids is 2. The fourth-order valence-electron chi connectivity index (χ4n) is 4.30. The molecule has 0 aliphatic carbocycles. The predicted octanol–water partition coefficient (Wildman–Crippen LogP) is 5.90. The van der Waals surface area contributed by atoms with Crippen molar-refractivity contribution in [1.82, 2.24) is 24.3 Å². The molecule has 3 heterocycles. The Labute approximate surface area is 219 Å². The van der Waals surface area contributed by atoms with Crippen LogP contribution in [0.15, 0.2) is 79.3 Å². The highest BCUT2D eigenvalue weighted by Gasteiger charge is 2.26. The Balaban J connectivity index is 1.60. The standard InChI is InChI=1S/C29H27N5O4/c1-4-37-28(35)23-16-30-24(21-13-9-6-10-14-21)25-26(23)34(19(2)3)27(32-25)22-15-31-33(17-22)29(36)38-18-20-11-7-5-8-12-20/h5-17,19H,4,18H2,1-3H3. The molecule has 5 aromatic rings. The Kier molecular flexibility index (Phi) is 6.99.